The molecule has 0 saturated heterocycles. The zero-order chi connectivity index (χ0) is 9.84. The fraction of sp³-hybridized carbons (Fsp3) is 0.500. The molecular formula is C8H10F2N2S. The normalized spacial score (nSPS) is 15.4. The van der Waals surface area contributed by atoms with Gasteiger partial charge >= 0.3 is 0 Å². The van der Waals surface area contributed by atoms with E-state index in [1.807, 2.05) is 6.92 Å². The number of hydrogen-bond donors (Lipinski definition) is 0. The largest absolute Gasteiger partial charge is 0.238 e. The van der Waals surface area contributed by atoms with Crippen LogP contribution in [-0.4, -0.2) is 15.2 Å². The molecule has 0 N–H and O–H groups in total. The predicted octanol–water partition coefficient (Wildman–Crippen LogP) is 2.73. The molecule has 0 fully saturated rings. The van der Waals surface area contributed by atoms with Crippen molar-refractivity contribution in [1.29, 1.82) is 0 Å². The molecule has 5 heteroatoms. The first kappa shape index (κ1) is 10.4. The Morgan fingerprint density at radius 2 is 1.85 bits per heavy atom. The maximum absolute atomic E-state index is 12.4. The van der Waals surface area contributed by atoms with E-state index in [0.29, 0.717) is 5.82 Å². The zero-order valence-electron chi connectivity index (χ0n) is 7.37. The fourth-order valence-electron chi connectivity index (χ4n) is 0.844. The van der Waals surface area contributed by atoms with Crippen molar-refractivity contribution >= 4 is 12.1 Å². The van der Waals surface area contributed by atoms with Gasteiger partial charge in [-0.05, 0) is 0 Å². The molecule has 2 nitrogen and oxygen atoms in total. The lowest BCUT2D eigenvalue weighted by Crippen LogP contribution is -2.10. The SMILES string of the molecule is CC(SF)C(C)c1ncc(F)cn1. The molecule has 1 rings (SSSR count). The molecule has 2 unspecified atom stereocenters. The molecule has 0 radical (unpaired) electrons. The first-order chi connectivity index (χ1) is 6.15. The highest BCUT2D eigenvalue weighted by atomic mass is 32.2. The lowest BCUT2D eigenvalue weighted by atomic mass is 10.1. The molecule has 72 valence electrons. The Bertz CT molecular complexity index is 265. The number of aromatic nitrogens is 2. The molecule has 1 heterocycles. The lowest BCUT2D eigenvalue weighted by Gasteiger charge is -2.13. The van der Waals surface area contributed by atoms with Crippen LogP contribution >= 0.6 is 12.1 Å². The molecule has 1 aromatic heterocycles. The average molecular weight is 204 g/mol. The third kappa shape index (κ3) is 2.62. The molecule has 1 aromatic rings. The lowest BCUT2D eigenvalue weighted by molar-refractivity contribution is 0.597. The number of rotatable bonds is 3. The van der Waals surface area contributed by atoms with Gasteiger partial charge in [0.1, 0.15) is 5.82 Å². The monoisotopic (exact) mass is 204 g/mol. The third-order valence-electron chi connectivity index (χ3n) is 1.89. The van der Waals surface area contributed by atoms with E-state index in [4.69, 9.17) is 0 Å². The minimum absolute atomic E-state index is 0.115. The van der Waals surface area contributed by atoms with Crippen LogP contribution in [0.2, 0.25) is 0 Å². The minimum atomic E-state index is -0.475. The highest BCUT2D eigenvalue weighted by molar-refractivity contribution is 7.94. The van der Waals surface area contributed by atoms with E-state index in [9.17, 15) is 8.28 Å². The summed E-state index contributed by atoms with van der Waals surface area (Å²) in [5.41, 5.74) is 0. The quantitative estimate of drug-likeness (QED) is 0.757. The van der Waals surface area contributed by atoms with Gasteiger partial charge in [-0.3, -0.25) is 0 Å². The summed E-state index contributed by atoms with van der Waals surface area (Å²) in [6.45, 7) is 3.55. The van der Waals surface area contributed by atoms with Gasteiger partial charge in [0.25, 0.3) is 0 Å². The van der Waals surface area contributed by atoms with Crippen molar-refractivity contribution in [3.05, 3.63) is 24.0 Å². The van der Waals surface area contributed by atoms with Gasteiger partial charge in [0, 0.05) is 23.3 Å². The van der Waals surface area contributed by atoms with Gasteiger partial charge in [-0.15, -0.1) is 0 Å². The van der Waals surface area contributed by atoms with Crippen LogP contribution in [0.1, 0.15) is 25.6 Å². The van der Waals surface area contributed by atoms with E-state index in [-0.39, 0.29) is 23.3 Å². The summed E-state index contributed by atoms with van der Waals surface area (Å²) < 4.78 is 24.6. The van der Waals surface area contributed by atoms with Gasteiger partial charge in [0.05, 0.1) is 12.4 Å². The Morgan fingerprint density at radius 1 is 1.31 bits per heavy atom. The van der Waals surface area contributed by atoms with Crippen LogP contribution in [0.15, 0.2) is 12.4 Å². The summed E-state index contributed by atoms with van der Waals surface area (Å²) in [6.07, 6.45) is 2.18. The second-order valence-electron chi connectivity index (χ2n) is 2.84. The molecule has 0 aliphatic heterocycles. The van der Waals surface area contributed by atoms with E-state index in [1.165, 1.54) is 0 Å². The average Bonchev–Trinajstić information content (AvgIpc) is 2.17. The maximum atomic E-state index is 12.4. The Morgan fingerprint density at radius 3 is 2.31 bits per heavy atom. The van der Waals surface area contributed by atoms with Gasteiger partial charge < -0.3 is 0 Å². The van der Waals surface area contributed by atoms with Crippen molar-refractivity contribution in [3.63, 3.8) is 0 Å². The van der Waals surface area contributed by atoms with Crippen molar-refractivity contribution in [2.75, 3.05) is 0 Å². The van der Waals surface area contributed by atoms with E-state index >= 15 is 0 Å². The van der Waals surface area contributed by atoms with Crippen LogP contribution in [0.4, 0.5) is 8.28 Å². The van der Waals surface area contributed by atoms with E-state index in [2.05, 4.69) is 9.97 Å². The van der Waals surface area contributed by atoms with Gasteiger partial charge in [-0.25, -0.2) is 14.4 Å². The summed E-state index contributed by atoms with van der Waals surface area (Å²) in [6, 6.07) is 0. The predicted molar refractivity (Wildman–Crippen MR) is 48.6 cm³/mol. The topological polar surface area (TPSA) is 25.8 Å². The van der Waals surface area contributed by atoms with Crippen molar-refractivity contribution in [3.8, 4) is 0 Å². The van der Waals surface area contributed by atoms with Crippen molar-refractivity contribution in [1.82, 2.24) is 9.97 Å². The molecule has 0 amide bonds. The number of hydrogen-bond acceptors (Lipinski definition) is 3. The van der Waals surface area contributed by atoms with Crippen LogP contribution in [0, 0.1) is 5.82 Å². The zero-order valence-corrected chi connectivity index (χ0v) is 8.18. The molecule has 0 bridgehead atoms. The maximum Gasteiger partial charge on any atom is 0.159 e. The first-order valence-electron chi connectivity index (χ1n) is 3.90. The smallest absolute Gasteiger partial charge is 0.159 e. The molecule has 13 heavy (non-hydrogen) atoms. The summed E-state index contributed by atoms with van der Waals surface area (Å²) in [5.74, 6) is -0.119. The molecule has 0 saturated carbocycles. The Balaban J connectivity index is 2.77. The van der Waals surface area contributed by atoms with Gasteiger partial charge in [-0.1, -0.05) is 13.8 Å². The highest BCUT2D eigenvalue weighted by Crippen LogP contribution is 2.25. The van der Waals surface area contributed by atoms with Gasteiger partial charge in [-0.2, -0.15) is 3.89 Å². The summed E-state index contributed by atoms with van der Waals surface area (Å²) in [5, 5.41) is -0.217. The van der Waals surface area contributed by atoms with Gasteiger partial charge in [0.15, 0.2) is 5.82 Å². The molecule has 0 aliphatic carbocycles. The van der Waals surface area contributed by atoms with Crippen LogP contribution in [0.5, 0.6) is 0 Å². The number of nitrogens with zero attached hydrogens (tertiary/aromatic N) is 2. The highest BCUT2D eigenvalue weighted by Gasteiger charge is 2.17. The Kier molecular flexibility index (Phi) is 3.59. The van der Waals surface area contributed by atoms with Gasteiger partial charge in [0.2, 0.25) is 0 Å². The Hall–Kier alpha value is -0.710. The van der Waals surface area contributed by atoms with Crippen LogP contribution in [0.25, 0.3) is 0 Å². The first-order valence-corrected chi connectivity index (χ1v) is 4.68. The summed E-state index contributed by atoms with van der Waals surface area (Å²) in [7, 11) is 0. The molecule has 0 aromatic carbocycles. The standard InChI is InChI=1S/C8H10F2N2S/c1-5(6(2)13-10)8-11-3-7(9)4-12-8/h3-6H,1-2H3. The Labute approximate surface area is 80.1 Å². The number of halogens is 2. The molecule has 2 atom stereocenters. The van der Waals surface area contributed by atoms with Crippen LogP contribution in [0.3, 0.4) is 0 Å². The minimum Gasteiger partial charge on any atom is -0.238 e. The summed E-state index contributed by atoms with van der Waals surface area (Å²) in [4.78, 5) is 7.56. The van der Waals surface area contributed by atoms with E-state index in [1.54, 1.807) is 6.92 Å². The van der Waals surface area contributed by atoms with E-state index < -0.39 is 5.82 Å². The molecule has 0 spiro atoms. The van der Waals surface area contributed by atoms with E-state index in [0.717, 1.165) is 12.4 Å². The fourth-order valence-corrected chi connectivity index (χ4v) is 1.12. The summed E-state index contributed by atoms with van der Waals surface area (Å²) >= 11 is 0.258. The van der Waals surface area contributed by atoms with Crippen molar-refractivity contribution in [2.24, 2.45) is 0 Å². The molecule has 0 aliphatic rings. The van der Waals surface area contributed by atoms with Crippen LogP contribution < -0.4 is 0 Å². The van der Waals surface area contributed by atoms with Crippen molar-refractivity contribution < 1.29 is 8.28 Å². The third-order valence-corrected chi connectivity index (χ3v) is 2.58. The molecular weight excluding hydrogens is 194 g/mol. The van der Waals surface area contributed by atoms with Crippen LogP contribution in [-0.2, 0) is 0 Å². The van der Waals surface area contributed by atoms with Crippen molar-refractivity contribution in [2.45, 2.75) is 25.0 Å². The second kappa shape index (κ2) is 4.50. The second-order valence-corrected chi connectivity index (χ2v) is 3.76.